The molecule has 0 radical (unpaired) electrons. The molecule has 1 saturated heterocycles. The van der Waals surface area contributed by atoms with Crippen LogP contribution in [0.4, 0.5) is 0 Å². The van der Waals surface area contributed by atoms with Crippen LogP contribution in [0.3, 0.4) is 0 Å². The van der Waals surface area contributed by atoms with Gasteiger partial charge in [-0.15, -0.1) is 0 Å². The van der Waals surface area contributed by atoms with Gasteiger partial charge in [0.25, 0.3) is 5.91 Å². The SMILES string of the molecule is Cc1c(COc2cc(OCc3cncc(C#N)c3)c(CN3CCCC[C@H]3C(=O)NS(=O)(=O)C(C)C)cc2Cl)cccc1-c1ccc2c(c1)OCCO2. The fourth-order valence-electron chi connectivity index (χ4n) is 6.27. The normalized spacial score (nSPS) is 15.9. The highest BCUT2D eigenvalue weighted by molar-refractivity contribution is 7.90. The van der Waals surface area contributed by atoms with Gasteiger partial charge >= 0.3 is 0 Å². The molecule has 6 rings (SSSR count). The van der Waals surface area contributed by atoms with Gasteiger partial charge in [-0.05, 0) is 86.7 Å². The molecule has 1 atom stereocenters. The molecule has 2 aliphatic rings. The maximum Gasteiger partial charge on any atom is 0.250 e. The van der Waals surface area contributed by atoms with Crippen LogP contribution in [0, 0.1) is 18.3 Å². The summed E-state index contributed by atoms with van der Waals surface area (Å²) in [6.45, 7) is 7.36. The first-order chi connectivity index (χ1) is 25.0. The second-order valence-electron chi connectivity index (χ2n) is 13.2. The van der Waals surface area contributed by atoms with Crippen molar-refractivity contribution in [2.75, 3.05) is 19.8 Å². The number of piperidine rings is 1. The van der Waals surface area contributed by atoms with Crippen LogP contribution < -0.4 is 23.7 Å². The minimum atomic E-state index is -3.79. The van der Waals surface area contributed by atoms with Crippen LogP contribution in [0.25, 0.3) is 11.1 Å². The third-order valence-electron chi connectivity index (χ3n) is 9.27. The van der Waals surface area contributed by atoms with Crippen molar-refractivity contribution in [3.63, 3.8) is 0 Å². The molecule has 0 unspecified atom stereocenters. The summed E-state index contributed by atoms with van der Waals surface area (Å²) in [5.41, 5.74) is 5.86. The van der Waals surface area contributed by atoms with E-state index in [1.54, 1.807) is 24.4 Å². The van der Waals surface area contributed by atoms with Gasteiger partial charge < -0.3 is 18.9 Å². The number of fused-ring (bicyclic) bond motifs is 1. The molecule has 0 saturated carbocycles. The number of hydrogen-bond acceptors (Lipinski definition) is 10. The fraction of sp³-hybridized carbons (Fsp3) is 0.359. The fourth-order valence-corrected chi connectivity index (χ4v) is 7.17. The Morgan fingerprint density at radius 1 is 1.02 bits per heavy atom. The molecule has 2 aliphatic heterocycles. The number of carbonyl (C=O) groups is 1. The minimum absolute atomic E-state index is 0.115. The minimum Gasteiger partial charge on any atom is -0.488 e. The molecule has 0 spiro atoms. The lowest BCUT2D eigenvalue weighted by Gasteiger charge is -2.35. The van der Waals surface area contributed by atoms with Gasteiger partial charge in [0.1, 0.15) is 44.0 Å². The molecular weight excluding hydrogens is 704 g/mol. The summed E-state index contributed by atoms with van der Waals surface area (Å²) in [6, 6.07) is 18.6. The zero-order chi connectivity index (χ0) is 36.8. The van der Waals surface area contributed by atoms with E-state index in [2.05, 4.69) is 21.8 Å². The molecule has 13 heteroatoms. The van der Waals surface area contributed by atoms with Crippen molar-refractivity contribution in [2.45, 2.75) is 71.1 Å². The lowest BCUT2D eigenvalue weighted by molar-refractivity contribution is -0.126. The molecule has 52 heavy (non-hydrogen) atoms. The van der Waals surface area contributed by atoms with Crippen LogP contribution in [0.2, 0.25) is 5.02 Å². The quantitative estimate of drug-likeness (QED) is 0.166. The van der Waals surface area contributed by atoms with Crippen molar-refractivity contribution in [1.82, 2.24) is 14.6 Å². The number of likely N-dealkylation sites (tertiary alicyclic amines) is 1. The second-order valence-corrected chi connectivity index (χ2v) is 15.8. The predicted molar refractivity (Wildman–Crippen MR) is 197 cm³/mol. The Labute approximate surface area is 309 Å². The van der Waals surface area contributed by atoms with E-state index >= 15 is 0 Å². The third-order valence-corrected chi connectivity index (χ3v) is 11.3. The van der Waals surface area contributed by atoms with Crippen LogP contribution in [-0.2, 0) is 34.6 Å². The number of halogens is 1. The number of nitriles is 1. The zero-order valence-corrected chi connectivity index (χ0v) is 30.9. The standard InChI is InChI=1S/C39H41ClN4O7S/c1-25(2)52(46,47)43-39(45)34-9-4-5-12-44(34)22-31-16-33(40)37(18-36(31)50-23-28-15-27(19-41)20-42-21-28)51-24-30-7-6-8-32(26(30)3)29-10-11-35-38(17-29)49-14-13-48-35/h6-8,10-11,15-18,20-21,25,34H,4-5,9,12-14,22-24H2,1-3H3,(H,43,45)/t34-/m0/s1. The lowest BCUT2D eigenvalue weighted by Crippen LogP contribution is -2.51. The number of ether oxygens (including phenoxy) is 4. The van der Waals surface area contributed by atoms with Crippen LogP contribution in [0.15, 0.2) is 67.0 Å². The van der Waals surface area contributed by atoms with Gasteiger partial charge in [-0.1, -0.05) is 42.3 Å². The van der Waals surface area contributed by atoms with Crippen LogP contribution >= 0.6 is 11.6 Å². The van der Waals surface area contributed by atoms with Crippen molar-refractivity contribution in [3.05, 3.63) is 99.8 Å². The Morgan fingerprint density at radius 3 is 2.60 bits per heavy atom. The third kappa shape index (κ3) is 8.61. The number of pyridine rings is 1. The molecule has 4 aromatic rings. The van der Waals surface area contributed by atoms with Crippen molar-refractivity contribution in [3.8, 4) is 40.2 Å². The van der Waals surface area contributed by atoms with E-state index in [4.69, 9.17) is 30.5 Å². The number of rotatable bonds is 12. The summed E-state index contributed by atoms with van der Waals surface area (Å²) < 4.78 is 51.5. The number of nitrogens with zero attached hydrogens (tertiary/aromatic N) is 3. The number of nitrogens with one attached hydrogen (secondary N) is 1. The Bertz CT molecular complexity index is 2100. The summed E-state index contributed by atoms with van der Waals surface area (Å²) in [5, 5.41) is 8.98. The maximum atomic E-state index is 13.3. The topological polar surface area (TPSA) is 140 Å². The number of hydrogen-bond donors (Lipinski definition) is 1. The molecule has 1 aromatic heterocycles. The highest BCUT2D eigenvalue weighted by atomic mass is 35.5. The van der Waals surface area contributed by atoms with Crippen molar-refractivity contribution in [1.29, 1.82) is 5.26 Å². The first kappa shape index (κ1) is 36.9. The average Bonchev–Trinajstić information content (AvgIpc) is 3.14. The highest BCUT2D eigenvalue weighted by Gasteiger charge is 2.32. The Balaban J connectivity index is 1.26. The van der Waals surface area contributed by atoms with Gasteiger partial charge in [0.2, 0.25) is 10.0 Å². The maximum absolute atomic E-state index is 13.3. The van der Waals surface area contributed by atoms with Crippen LogP contribution in [0.1, 0.15) is 60.9 Å². The molecule has 0 bridgehead atoms. The molecule has 272 valence electrons. The monoisotopic (exact) mass is 744 g/mol. The van der Waals surface area contributed by atoms with Crippen molar-refractivity contribution < 1.29 is 32.2 Å². The number of benzene rings is 3. The molecule has 3 heterocycles. The first-order valence-corrected chi connectivity index (χ1v) is 19.1. The molecule has 3 aromatic carbocycles. The molecule has 1 N–H and O–H groups in total. The van der Waals surface area contributed by atoms with Gasteiger partial charge in [0, 0.05) is 36.1 Å². The average molecular weight is 745 g/mol. The van der Waals surface area contributed by atoms with Gasteiger partial charge in [-0.2, -0.15) is 5.26 Å². The molecule has 1 fully saturated rings. The molecule has 1 amide bonds. The molecular formula is C39H41ClN4O7S. The van der Waals surface area contributed by atoms with Gasteiger partial charge in [0.05, 0.1) is 21.9 Å². The van der Waals surface area contributed by atoms with Crippen molar-refractivity contribution in [2.24, 2.45) is 0 Å². The van der Waals surface area contributed by atoms with Crippen LogP contribution in [-0.4, -0.2) is 55.3 Å². The predicted octanol–water partition coefficient (Wildman–Crippen LogP) is 6.72. The number of amides is 1. The number of sulfonamides is 1. The Hall–Kier alpha value is -4.83. The largest absolute Gasteiger partial charge is 0.488 e. The highest BCUT2D eigenvalue weighted by Crippen LogP contribution is 2.38. The summed E-state index contributed by atoms with van der Waals surface area (Å²) in [6.07, 6.45) is 5.27. The van der Waals surface area contributed by atoms with Crippen LogP contribution in [0.5, 0.6) is 23.0 Å². The van der Waals surface area contributed by atoms with E-state index in [1.165, 1.54) is 20.0 Å². The van der Waals surface area contributed by atoms with Crippen molar-refractivity contribution >= 4 is 27.5 Å². The summed E-state index contributed by atoms with van der Waals surface area (Å²) >= 11 is 6.87. The van der Waals surface area contributed by atoms with E-state index in [0.717, 1.165) is 46.6 Å². The van der Waals surface area contributed by atoms with E-state index in [-0.39, 0.29) is 19.8 Å². The zero-order valence-electron chi connectivity index (χ0n) is 29.4. The van der Waals surface area contributed by atoms with E-state index in [9.17, 15) is 18.5 Å². The molecule has 11 nitrogen and oxygen atoms in total. The van der Waals surface area contributed by atoms with Gasteiger partial charge in [0.15, 0.2) is 11.5 Å². The van der Waals surface area contributed by atoms with Gasteiger partial charge in [-0.25, -0.2) is 8.42 Å². The second kappa shape index (κ2) is 16.2. The summed E-state index contributed by atoms with van der Waals surface area (Å²) in [4.78, 5) is 19.4. The Kier molecular flexibility index (Phi) is 11.5. The summed E-state index contributed by atoms with van der Waals surface area (Å²) in [5.74, 6) is 1.79. The summed E-state index contributed by atoms with van der Waals surface area (Å²) in [7, 11) is -3.79. The number of aromatic nitrogens is 1. The number of carbonyl (C=O) groups excluding carboxylic acids is 1. The first-order valence-electron chi connectivity index (χ1n) is 17.2. The van der Waals surface area contributed by atoms with Gasteiger partial charge in [-0.3, -0.25) is 19.4 Å². The van der Waals surface area contributed by atoms with E-state index in [1.807, 2.05) is 42.2 Å². The van der Waals surface area contributed by atoms with E-state index < -0.39 is 27.2 Å². The smallest absolute Gasteiger partial charge is 0.250 e. The lowest BCUT2D eigenvalue weighted by atomic mass is 9.96. The molecule has 0 aliphatic carbocycles. The van der Waals surface area contributed by atoms with E-state index in [0.29, 0.717) is 59.4 Å². The Morgan fingerprint density at radius 2 is 1.81 bits per heavy atom.